The Hall–Kier alpha value is -2.44. The lowest BCUT2D eigenvalue weighted by molar-refractivity contribution is 0.0651. The van der Waals surface area contributed by atoms with Gasteiger partial charge in [0.15, 0.2) is 11.4 Å². The van der Waals surface area contributed by atoms with Gasteiger partial charge in [-0.05, 0) is 44.0 Å². The van der Waals surface area contributed by atoms with Gasteiger partial charge >= 0.3 is 0 Å². The van der Waals surface area contributed by atoms with E-state index in [2.05, 4.69) is 10.1 Å². The Morgan fingerprint density at radius 3 is 2.61 bits per heavy atom. The summed E-state index contributed by atoms with van der Waals surface area (Å²) < 4.78 is 1.61. The molecular formula is C20H18Cl2N4O2. The van der Waals surface area contributed by atoms with Crippen LogP contribution in [-0.2, 0) is 0 Å². The fraction of sp³-hybridized carbons (Fsp3) is 0.300. The van der Waals surface area contributed by atoms with Gasteiger partial charge in [-0.1, -0.05) is 23.2 Å². The topological polar surface area (TPSA) is 67.6 Å². The molecule has 2 aromatic heterocycles. The predicted molar refractivity (Wildman–Crippen MR) is 107 cm³/mol. The first-order chi connectivity index (χ1) is 13.5. The van der Waals surface area contributed by atoms with Crippen LogP contribution in [0.15, 0.2) is 36.7 Å². The zero-order valence-electron chi connectivity index (χ0n) is 15.2. The lowest BCUT2D eigenvalue weighted by Gasteiger charge is -2.31. The molecule has 8 heteroatoms. The van der Waals surface area contributed by atoms with E-state index in [0.717, 1.165) is 0 Å². The van der Waals surface area contributed by atoms with Crippen LogP contribution in [0.2, 0.25) is 10.0 Å². The number of halogens is 2. The van der Waals surface area contributed by atoms with Gasteiger partial charge in [0.2, 0.25) is 0 Å². The SMILES string of the molecule is Cc1nn2cccnc2c1C(=O)N1CCC(C(=O)c2ccc(Cl)c(Cl)c2)CC1. The molecule has 4 rings (SSSR count). The summed E-state index contributed by atoms with van der Waals surface area (Å²) in [4.78, 5) is 31.9. The van der Waals surface area contributed by atoms with Crippen molar-refractivity contribution < 1.29 is 9.59 Å². The number of fused-ring (bicyclic) bond motifs is 1. The fourth-order valence-corrected chi connectivity index (χ4v) is 3.93. The Morgan fingerprint density at radius 1 is 1.14 bits per heavy atom. The minimum absolute atomic E-state index is 0.0412. The number of carbonyl (C=O) groups excluding carboxylic acids is 2. The van der Waals surface area contributed by atoms with E-state index in [9.17, 15) is 9.59 Å². The lowest BCUT2D eigenvalue weighted by Crippen LogP contribution is -2.40. The molecule has 0 N–H and O–H groups in total. The normalized spacial score (nSPS) is 15.2. The highest BCUT2D eigenvalue weighted by molar-refractivity contribution is 6.42. The molecule has 0 saturated carbocycles. The number of hydrogen-bond acceptors (Lipinski definition) is 4. The van der Waals surface area contributed by atoms with Crippen LogP contribution in [0.25, 0.3) is 5.65 Å². The Balaban J connectivity index is 1.47. The average molecular weight is 417 g/mol. The van der Waals surface area contributed by atoms with Crippen molar-refractivity contribution in [2.45, 2.75) is 19.8 Å². The molecule has 0 aliphatic carbocycles. The summed E-state index contributed by atoms with van der Waals surface area (Å²) in [6.07, 6.45) is 4.64. The Kier molecular flexibility index (Phi) is 5.08. The van der Waals surface area contributed by atoms with E-state index in [1.54, 1.807) is 46.1 Å². The Bertz CT molecular complexity index is 1070. The molecule has 3 aromatic rings. The highest BCUT2D eigenvalue weighted by Gasteiger charge is 2.30. The summed E-state index contributed by atoms with van der Waals surface area (Å²) in [6, 6.07) is 6.71. The lowest BCUT2D eigenvalue weighted by atomic mass is 9.88. The number of nitrogens with zero attached hydrogens (tertiary/aromatic N) is 4. The van der Waals surface area contributed by atoms with Crippen LogP contribution in [0.3, 0.4) is 0 Å². The van der Waals surface area contributed by atoms with Gasteiger partial charge in [-0.25, -0.2) is 9.50 Å². The van der Waals surface area contributed by atoms with Gasteiger partial charge in [-0.2, -0.15) is 5.10 Å². The van der Waals surface area contributed by atoms with Gasteiger partial charge in [-0.3, -0.25) is 9.59 Å². The number of Topliss-reactive ketones (excluding diaryl/α,β-unsaturated/α-hetero) is 1. The van der Waals surface area contributed by atoms with Gasteiger partial charge < -0.3 is 4.90 Å². The molecule has 1 aromatic carbocycles. The van der Waals surface area contributed by atoms with E-state index in [1.807, 2.05) is 6.92 Å². The second kappa shape index (κ2) is 7.53. The monoisotopic (exact) mass is 416 g/mol. The summed E-state index contributed by atoms with van der Waals surface area (Å²) in [7, 11) is 0. The number of ketones is 1. The summed E-state index contributed by atoms with van der Waals surface area (Å²) in [6.45, 7) is 2.84. The number of likely N-dealkylation sites (tertiary alicyclic amines) is 1. The summed E-state index contributed by atoms with van der Waals surface area (Å²) in [5.74, 6) is -0.185. The van der Waals surface area contributed by atoms with E-state index in [4.69, 9.17) is 23.2 Å². The van der Waals surface area contributed by atoms with Crippen molar-refractivity contribution in [3.05, 3.63) is 63.5 Å². The molecule has 0 radical (unpaired) electrons. The zero-order valence-corrected chi connectivity index (χ0v) is 16.7. The van der Waals surface area contributed by atoms with Crippen LogP contribution in [0.1, 0.15) is 39.3 Å². The standard InChI is InChI=1S/C20H18Cl2N4O2/c1-12-17(19-23-7-2-8-26(19)24-12)20(28)25-9-5-13(6-10-25)18(27)14-3-4-15(21)16(22)11-14/h2-4,7-8,11,13H,5-6,9-10H2,1H3. The molecule has 1 aliphatic heterocycles. The van der Waals surface area contributed by atoms with Gasteiger partial charge in [0.25, 0.3) is 5.91 Å². The minimum Gasteiger partial charge on any atom is -0.338 e. The highest BCUT2D eigenvalue weighted by Crippen LogP contribution is 2.28. The van der Waals surface area contributed by atoms with Gasteiger partial charge in [0, 0.05) is 37.0 Å². The number of aryl methyl sites for hydroxylation is 1. The zero-order chi connectivity index (χ0) is 19.8. The number of amides is 1. The molecule has 1 aliphatic rings. The van der Waals surface area contributed by atoms with E-state index in [1.165, 1.54) is 0 Å². The molecule has 0 bridgehead atoms. The number of hydrogen-bond donors (Lipinski definition) is 0. The maximum absolute atomic E-state index is 13.0. The van der Waals surface area contributed by atoms with Crippen molar-refractivity contribution in [1.29, 1.82) is 0 Å². The fourth-order valence-electron chi connectivity index (χ4n) is 3.63. The van der Waals surface area contributed by atoms with E-state index < -0.39 is 0 Å². The Morgan fingerprint density at radius 2 is 1.89 bits per heavy atom. The highest BCUT2D eigenvalue weighted by atomic mass is 35.5. The van der Waals surface area contributed by atoms with Gasteiger partial charge in [0.05, 0.1) is 15.7 Å². The third-order valence-corrected chi connectivity index (χ3v) is 5.88. The third kappa shape index (κ3) is 3.38. The van der Waals surface area contributed by atoms with Gasteiger partial charge in [0.1, 0.15) is 5.56 Å². The summed E-state index contributed by atoms with van der Waals surface area (Å²) >= 11 is 12.0. The van der Waals surface area contributed by atoms with Crippen LogP contribution >= 0.6 is 23.2 Å². The summed E-state index contributed by atoms with van der Waals surface area (Å²) in [5.41, 5.74) is 2.29. The molecule has 1 fully saturated rings. The van der Waals surface area contributed by atoms with Crippen molar-refractivity contribution in [3.63, 3.8) is 0 Å². The molecule has 3 heterocycles. The molecule has 144 valence electrons. The smallest absolute Gasteiger partial charge is 0.259 e. The minimum atomic E-state index is -0.135. The molecule has 0 atom stereocenters. The maximum Gasteiger partial charge on any atom is 0.259 e. The van der Waals surface area contributed by atoms with E-state index >= 15 is 0 Å². The second-order valence-electron chi connectivity index (χ2n) is 6.91. The Labute approximate surface area is 172 Å². The summed E-state index contributed by atoms with van der Waals surface area (Å²) in [5, 5.41) is 5.15. The average Bonchev–Trinajstić information content (AvgIpc) is 3.04. The second-order valence-corrected chi connectivity index (χ2v) is 7.72. The van der Waals surface area contributed by atoms with E-state index in [-0.39, 0.29) is 17.6 Å². The van der Waals surface area contributed by atoms with Crippen LogP contribution in [0, 0.1) is 12.8 Å². The maximum atomic E-state index is 13.0. The van der Waals surface area contributed by atoms with E-state index in [0.29, 0.717) is 58.4 Å². The van der Waals surface area contributed by atoms with Crippen molar-refractivity contribution in [2.75, 3.05) is 13.1 Å². The largest absolute Gasteiger partial charge is 0.338 e. The molecule has 1 amide bonds. The number of carbonyl (C=O) groups is 2. The molecule has 0 spiro atoms. The van der Waals surface area contributed by atoms with Crippen LogP contribution in [-0.4, -0.2) is 44.3 Å². The first kappa shape index (κ1) is 18.9. The third-order valence-electron chi connectivity index (χ3n) is 5.14. The predicted octanol–water partition coefficient (Wildman–Crippen LogP) is 4.08. The van der Waals surface area contributed by atoms with Crippen molar-refractivity contribution in [3.8, 4) is 0 Å². The van der Waals surface area contributed by atoms with Crippen molar-refractivity contribution in [2.24, 2.45) is 5.92 Å². The molecule has 28 heavy (non-hydrogen) atoms. The quantitative estimate of drug-likeness (QED) is 0.603. The van der Waals surface area contributed by atoms with Crippen LogP contribution < -0.4 is 0 Å². The molecule has 6 nitrogen and oxygen atoms in total. The molecule has 1 saturated heterocycles. The first-order valence-electron chi connectivity index (χ1n) is 9.04. The number of aromatic nitrogens is 3. The molecule has 0 unspecified atom stereocenters. The first-order valence-corrected chi connectivity index (χ1v) is 9.80. The number of benzene rings is 1. The van der Waals surface area contributed by atoms with Crippen molar-refractivity contribution in [1.82, 2.24) is 19.5 Å². The van der Waals surface area contributed by atoms with Gasteiger partial charge in [-0.15, -0.1) is 0 Å². The molecular weight excluding hydrogens is 399 g/mol. The number of piperidine rings is 1. The number of rotatable bonds is 3. The van der Waals surface area contributed by atoms with Crippen molar-refractivity contribution >= 4 is 40.5 Å². The van der Waals surface area contributed by atoms with Crippen LogP contribution in [0.5, 0.6) is 0 Å². The van der Waals surface area contributed by atoms with Crippen LogP contribution in [0.4, 0.5) is 0 Å².